The number of carbonyl (C=O) groups is 1. The molecule has 0 spiro atoms. The van der Waals surface area contributed by atoms with Crippen LogP contribution in [0.25, 0.3) is 0 Å². The van der Waals surface area contributed by atoms with Crippen LogP contribution in [0.1, 0.15) is 37.0 Å². The van der Waals surface area contributed by atoms with Gasteiger partial charge in [0.25, 0.3) is 5.91 Å². The summed E-state index contributed by atoms with van der Waals surface area (Å²) >= 11 is 0. The third-order valence-corrected chi connectivity index (χ3v) is 4.03. The van der Waals surface area contributed by atoms with Gasteiger partial charge in [-0.2, -0.15) is 0 Å². The van der Waals surface area contributed by atoms with Gasteiger partial charge in [-0.25, -0.2) is 0 Å². The number of nitrogens with one attached hydrogen (secondary N) is 1. The molecule has 1 aliphatic rings. The maximum Gasteiger partial charge on any atom is 0.251 e. The van der Waals surface area contributed by atoms with E-state index in [2.05, 4.69) is 5.32 Å². The lowest BCUT2D eigenvalue weighted by Gasteiger charge is -2.15. The van der Waals surface area contributed by atoms with Crippen LogP contribution in [0.5, 0.6) is 11.5 Å². The minimum atomic E-state index is -0.565. The van der Waals surface area contributed by atoms with Gasteiger partial charge in [0, 0.05) is 24.1 Å². The number of amides is 1. The van der Waals surface area contributed by atoms with Crippen molar-refractivity contribution >= 4 is 5.91 Å². The van der Waals surface area contributed by atoms with Crippen molar-refractivity contribution in [3.8, 4) is 11.5 Å². The summed E-state index contributed by atoms with van der Waals surface area (Å²) in [6, 6.07) is 4.96. The molecule has 1 saturated carbocycles. The van der Waals surface area contributed by atoms with Gasteiger partial charge in [-0.1, -0.05) is 0 Å². The minimum Gasteiger partial charge on any atom is -0.490 e. The smallest absolute Gasteiger partial charge is 0.251 e. The Morgan fingerprint density at radius 1 is 1.22 bits per heavy atom. The van der Waals surface area contributed by atoms with Crippen LogP contribution in [0.15, 0.2) is 18.2 Å². The molecule has 0 aromatic heterocycles. The summed E-state index contributed by atoms with van der Waals surface area (Å²) in [6.07, 6.45) is 0.482. The van der Waals surface area contributed by atoms with Gasteiger partial charge >= 0.3 is 0 Å². The second-order valence-corrected chi connectivity index (χ2v) is 5.68. The predicted molar refractivity (Wildman–Crippen MR) is 85.9 cm³/mol. The third kappa shape index (κ3) is 4.36. The van der Waals surface area contributed by atoms with Crippen LogP contribution in [0, 0.1) is 5.92 Å². The average molecular weight is 323 g/mol. The Hall–Kier alpha value is -1.79. The summed E-state index contributed by atoms with van der Waals surface area (Å²) in [5.74, 6) is 0.772. The van der Waals surface area contributed by atoms with Crippen LogP contribution in [0.3, 0.4) is 0 Å². The van der Waals surface area contributed by atoms with E-state index < -0.39 is 6.10 Å². The van der Waals surface area contributed by atoms with E-state index in [9.17, 15) is 15.0 Å². The lowest BCUT2D eigenvalue weighted by Crippen LogP contribution is -2.33. The summed E-state index contributed by atoms with van der Waals surface area (Å²) in [5, 5.41) is 21.9. The lowest BCUT2D eigenvalue weighted by molar-refractivity contribution is 0.0903. The fraction of sp³-hybridized carbons (Fsp3) is 0.588. The fourth-order valence-electron chi connectivity index (χ4n) is 2.88. The lowest BCUT2D eigenvalue weighted by atomic mass is 10.1. The van der Waals surface area contributed by atoms with Crippen LogP contribution < -0.4 is 14.8 Å². The summed E-state index contributed by atoms with van der Waals surface area (Å²) in [6.45, 7) is 4.70. The fourth-order valence-corrected chi connectivity index (χ4v) is 2.88. The van der Waals surface area contributed by atoms with Gasteiger partial charge < -0.3 is 25.0 Å². The van der Waals surface area contributed by atoms with Crippen LogP contribution in [-0.2, 0) is 0 Å². The Labute approximate surface area is 136 Å². The third-order valence-electron chi connectivity index (χ3n) is 4.03. The van der Waals surface area contributed by atoms with E-state index in [1.807, 2.05) is 13.8 Å². The van der Waals surface area contributed by atoms with Crippen molar-refractivity contribution in [1.29, 1.82) is 0 Å². The molecule has 0 bridgehead atoms. The molecule has 1 aromatic rings. The van der Waals surface area contributed by atoms with Crippen molar-refractivity contribution < 1.29 is 24.5 Å². The Kier molecular flexibility index (Phi) is 6.24. The average Bonchev–Trinajstić information content (AvgIpc) is 2.89. The van der Waals surface area contributed by atoms with Crippen molar-refractivity contribution in [1.82, 2.24) is 5.32 Å². The van der Waals surface area contributed by atoms with Crippen molar-refractivity contribution in [2.24, 2.45) is 5.92 Å². The maximum absolute atomic E-state index is 12.4. The molecule has 1 aromatic carbocycles. The van der Waals surface area contributed by atoms with E-state index in [-0.39, 0.29) is 24.5 Å². The first kappa shape index (κ1) is 17.6. The molecule has 0 unspecified atom stereocenters. The molecule has 23 heavy (non-hydrogen) atoms. The van der Waals surface area contributed by atoms with Gasteiger partial charge in [0.2, 0.25) is 0 Å². The van der Waals surface area contributed by atoms with E-state index in [1.54, 1.807) is 18.2 Å². The molecule has 0 saturated heterocycles. The zero-order valence-electron chi connectivity index (χ0n) is 13.6. The summed E-state index contributed by atoms with van der Waals surface area (Å²) in [5.41, 5.74) is 0.485. The van der Waals surface area contributed by atoms with Gasteiger partial charge in [-0.3, -0.25) is 4.79 Å². The highest BCUT2D eigenvalue weighted by atomic mass is 16.5. The van der Waals surface area contributed by atoms with Gasteiger partial charge in [0.15, 0.2) is 11.5 Å². The first-order chi connectivity index (χ1) is 11.1. The Morgan fingerprint density at radius 2 is 1.91 bits per heavy atom. The van der Waals surface area contributed by atoms with Gasteiger partial charge in [0.1, 0.15) is 0 Å². The highest BCUT2D eigenvalue weighted by Crippen LogP contribution is 2.29. The summed E-state index contributed by atoms with van der Waals surface area (Å²) < 4.78 is 11.0. The molecule has 0 radical (unpaired) electrons. The largest absolute Gasteiger partial charge is 0.490 e. The van der Waals surface area contributed by atoms with E-state index in [0.29, 0.717) is 43.1 Å². The SMILES string of the molecule is CCOc1ccc(C(=O)N[C@H]2C[C@@H](CO)[C@H](O)C2)cc1OCC. The van der Waals surface area contributed by atoms with Crippen molar-refractivity contribution in [2.45, 2.75) is 38.8 Å². The second-order valence-electron chi connectivity index (χ2n) is 5.68. The molecule has 1 fully saturated rings. The monoisotopic (exact) mass is 323 g/mol. The van der Waals surface area contributed by atoms with Crippen LogP contribution >= 0.6 is 0 Å². The zero-order valence-corrected chi connectivity index (χ0v) is 13.6. The quantitative estimate of drug-likeness (QED) is 0.705. The molecular formula is C17H25NO5. The summed E-state index contributed by atoms with van der Waals surface area (Å²) in [4.78, 5) is 12.4. The Morgan fingerprint density at radius 3 is 2.52 bits per heavy atom. The number of aliphatic hydroxyl groups is 2. The molecule has 1 amide bonds. The molecule has 6 heteroatoms. The predicted octanol–water partition coefficient (Wildman–Crippen LogP) is 1.35. The number of carbonyl (C=O) groups excluding carboxylic acids is 1. The first-order valence-corrected chi connectivity index (χ1v) is 8.08. The molecule has 3 atom stereocenters. The normalized spacial score (nSPS) is 23.6. The number of hydrogen-bond acceptors (Lipinski definition) is 5. The topological polar surface area (TPSA) is 88.0 Å². The molecule has 2 rings (SSSR count). The minimum absolute atomic E-state index is 0.0644. The molecule has 3 N–H and O–H groups in total. The molecule has 0 aliphatic heterocycles. The van der Waals surface area contributed by atoms with Crippen molar-refractivity contribution in [3.63, 3.8) is 0 Å². The van der Waals surface area contributed by atoms with E-state index >= 15 is 0 Å². The molecule has 1 aliphatic carbocycles. The highest BCUT2D eigenvalue weighted by Gasteiger charge is 2.33. The van der Waals surface area contributed by atoms with Gasteiger partial charge in [-0.15, -0.1) is 0 Å². The summed E-state index contributed by atoms with van der Waals surface area (Å²) in [7, 11) is 0. The standard InChI is InChI=1S/C17H25NO5/c1-3-22-15-6-5-11(8-16(15)23-4-2)17(21)18-13-7-12(10-19)14(20)9-13/h5-6,8,12-14,19-20H,3-4,7,9-10H2,1-2H3,(H,18,21)/t12-,13-,14+/m0/s1. The van der Waals surface area contributed by atoms with E-state index in [0.717, 1.165) is 0 Å². The second kappa shape index (κ2) is 8.17. The molecule has 0 heterocycles. The van der Waals surface area contributed by atoms with Crippen LogP contribution in [-0.4, -0.2) is 48.1 Å². The number of ether oxygens (including phenoxy) is 2. The van der Waals surface area contributed by atoms with E-state index in [1.165, 1.54) is 0 Å². The maximum atomic E-state index is 12.4. The molecular weight excluding hydrogens is 298 g/mol. The van der Waals surface area contributed by atoms with E-state index in [4.69, 9.17) is 9.47 Å². The van der Waals surface area contributed by atoms with Crippen molar-refractivity contribution in [3.05, 3.63) is 23.8 Å². The van der Waals surface area contributed by atoms with Gasteiger partial charge in [-0.05, 0) is 44.9 Å². The molecule has 128 valence electrons. The Bertz CT molecular complexity index is 534. The number of aliphatic hydroxyl groups excluding tert-OH is 2. The van der Waals surface area contributed by atoms with Crippen LogP contribution in [0.2, 0.25) is 0 Å². The van der Waals surface area contributed by atoms with Gasteiger partial charge in [0.05, 0.1) is 19.3 Å². The number of hydrogen-bond donors (Lipinski definition) is 3. The number of rotatable bonds is 7. The van der Waals surface area contributed by atoms with Crippen molar-refractivity contribution in [2.75, 3.05) is 19.8 Å². The first-order valence-electron chi connectivity index (χ1n) is 8.08. The molecule has 6 nitrogen and oxygen atoms in total. The Balaban J connectivity index is 2.06. The van der Waals surface area contributed by atoms with Crippen LogP contribution in [0.4, 0.5) is 0 Å². The zero-order chi connectivity index (χ0) is 16.8. The highest BCUT2D eigenvalue weighted by molar-refractivity contribution is 5.95. The number of benzene rings is 1.